The summed E-state index contributed by atoms with van der Waals surface area (Å²) in [6.07, 6.45) is 2.29. The lowest BCUT2D eigenvalue weighted by Crippen LogP contribution is -2.53. The van der Waals surface area contributed by atoms with Crippen LogP contribution >= 0.6 is 0 Å². The van der Waals surface area contributed by atoms with Gasteiger partial charge in [0.05, 0.1) is 12.1 Å². The van der Waals surface area contributed by atoms with E-state index in [9.17, 15) is 9.59 Å². The summed E-state index contributed by atoms with van der Waals surface area (Å²) in [6, 6.07) is 7.85. The lowest BCUT2D eigenvalue weighted by molar-refractivity contribution is -0.128. The van der Waals surface area contributed by atoms with Gasteiger partial charge in [-0.25, -0.2) is 0 Å². The molecule has 0 fully saturated rings. The molecule has 2 amide bonds. The summed E-state index contributed by atoms with van der Waals surface area (Å²) in [5, 5.41) is 2.66. The van der Waals surface area contributed by atoms with Gasteiger partial charge in [0.2, 0.25) is 11.8 Å². The summed E-state index contributed by atoms with van der Waals surface area (Å²) >= 11 is 0. The number of carbonyl (C=O) groups is 2. The third-order valence-corrected chi connectivity index (χ3v) is 3.88. The van der Waals surface area contributed by atoms with Crippen molar-refractivity contribution >= 4 is 17.5 Å². The number of amides is 2. The van der Waals surface area contributed by atoms with E-state index in [1.165, 1.54) is 5.56 Å². The predicted octanol–water partition coefficient (Wildman–Crippen LogP) is 1.21. The molecule has 0 bridgehead atoms. The highest BCUT2D eigenvalue weighted by Crippen LogP contribution is 2.27. The number of benzene rings is 1. The monoisotopic (exact) mass is 289 g/mol. The lowest BCUT2D eigenvalue weighted by atomic mass is 9.96. The molecule has 114 valence electrons. The average Bonchev–Trinajstić information content (AvgIpc) is 2.88. The number of nitrogens with zero attached hydrogens (tertiary/aromatic N) is 1. The van der Waals surface area contributed by atoms with Gasteiger partial charge in [0.1, 0.15) is 0 Å². The molecule has 1 atom stereocenters. The summed E-state index contributed by atoms with van der Waals surface area (Å²) in [5.74, 6) is -0.370. The minimum absolute atomic E-state index is 0.0102. The number of nitrogens with one attached hydrogen (secondary N) is 1. The molecule has 0 spiro atoms. The zero-order chi connectivity index (χ0) is 15.5. The van der Waals surface area contributed by atoms with E-state index in [2.05, 4.69) is 5.32 Å². The van der Waals surface area contributed by atoms with E-state index in [0.29, 0.717) is 13.0 Å². The SMILES string of the molecule is CCCC(C)(N)C(=O)NCC(=O)N1CCc2ccccc21. The molecule has 1 unspecified atom stereocenters. The molecule has 0 saturated heterocycles. The first-order valence-electron chi connectivity index (χ1n) is 7.41. The fraction of sp³-hybridized carbons (Fsp3) is 0.500. The first-order valence-corrected chi connectivity index (χ1v) is 7.41. The number of nitrogens with two attached hydrogens (primary N) is 1. The Morgan fingerprint density at radius 1 is 1.38 bits per heavy atom. The van der Waals surface area contributed by atoms with Crippen LogP contribution in [-0.2, 0) is 16.0 Å². The molecule has 1 aliphatic rings. The molecule has 3 N–H and O–H groups in total. The summed E-state index contributed by atoms with van der Waals surface area (Å²) in [6.45, 7) is 4.33. The van der Waals surface area contributed by atoms with Crippen molar-refractivity contribution in [2.24, 2.45) is 5.73 Å². The number of para-hydroxylation sites is 1. The molecule has 5 heteroatoms. The molecule has 21 heavy (non-hydrogen) atoms. The standard InChI is InChI=1S/C16H23N3O2/c1-3-9-16(2,17)15(21)18-11-14(20)19-10-8-12-6-4-5-7-13(12)19/h4-7H,3,8-11,17H2,1-2H3,(H,18,21). The van der Waals surface area contributed by atoms with Gasteiger partial charge in [-0.05, 0) is 31.4 Å². The maximum absolute atomic E-state index is 12.3. The smallest absolute Gasteiger partial charge is 0.246 e. The van der Waals surface area contributed by atoms with Gasteiger partial charge in [-0.2, -0.15) is 0 Å². The molecular weight excluding hydrogens is 266 g/mol. The number of fused-ring (bicyclic) bond motifs is 1. The maximum atomic E-state index is 12.3. The van der Waals surface area contributed by atoms with Crippen molar-refractivity contribution in [1.29, 1.82) is 0 Å². The highest BCUT2D eigenvalue weighted by Gasteiger charge is 2.29. The van der Waals surface area contributed by atoms with Crippen molar-refractivity contribution in [3.05, 3.63) is 29.8 Å². The molecule has 1 aromatic rings. The second kappa shape index (κ2) is 6.26. The number of carbonyl (C=O) groups excluding carboxylic acids is 2. The second-order valence-corrected chi connectivity index (χ2v) is 5.77. The van der Waals surface area contributed by atoms with Gasteiger partial charge in [0, 0.05) is 12.2 Å². The Morgan fingerprint density at radius 2 is 2.10 bits per heavy atom. The largest absolute Gasteiger partial charge is 0.345 e. The van der Waals surface area contributed by atoms with Crippen molar-refractivity contribution in [3.8, 4) is 0 Å². The topological polar surface area (TPSA) is 75.4 Å². The van der Waals surface area contributed by atoms with Gasteiger partial charge in [-0.1, -0.05) is 31.5 Å². The maximum Gasteiger partial charge on any atom is 0.246 e. The Hall–Kier alpha value is -1.88. The fourth-order valence-electron chi connectivity index (χ4n) is 2.68. The van der Waals surface area contributed by atoms with Crippen LogP contribution in [-0.4, -0.2) is 30.4 Å². The first kappa shape index (κ1) is 15.5. The van der Waals surface area contributed by atoms with Crippen LogP contribution in [0.1, 0.15) is 32.3 Å². The predicted molar refractivity (Wildman–Crippen MR) is 83.0 cm³/mol. The van der Waals surface area contributed by atoms with Crippen molar-refractivity contribution in [3.63, 3.8) is 0 Å². The van der Waals surface area contributed by atoms with E-state index in [1.807, 2.05) is 31.2 Å². The molecule has 1 aliphatic heterocycles. The zero-order valence-electron chi connectivity index (χ0n) is 12.7. The molecule has 0 radical (unpaired) electrons. The minimum atomic E-state index is -0.919. The van der Waals surface area contributed by atoms with Crippen molar-refractivity contribution in [1.82, 2.24) is 5.32 Å². The van der Waals surface area contributed by atoms with Gasteiger partial charge in [0.15, 0.2) is 0 Å². The highest BCUT2D eigenvalue weighted by atomic mass is 16.2. The summed E-state index contributed by atoms with van der Waals surface area (Å²) in [4.78, 5) is 26.0. The Kier molecular flexibility index (Phi) is 4.63. The number of rotatable bonds is 5. The Labute approximate surface area is 125 Å². The quantitative estimate of drug-likeness (QED) is 0.855. The summed E-state index contributed by atoms with van der Waals surface area (Å²) < 4.78 is 0. The van der Waals surface area contributed by atoms with E-state index < -0.39 is 5.54 Å². The van der Waals surface area contributed by atoms with E-state index in [4.69, 9.17) is 5.73 Å². The Morgan fingerprint density at radius 3 is 2.81 bits per heavy atom. The number of hydrogen-bond donors (Lipinski definition) is 2. The van der Waals surface area contributed by atoms with Gasteiger partial charge < -0.3 is 16.0 Å². The Bertz CT molecular complexity index is 540. The molecule has 2 rings (SSSR count). The van der Waals surface area contributed by atoms with Crippen molar-refractivity contribution < 1.29 is 9.59 Å². The molecule has 0 aromatic heterocycles. The van der Waals surface area contributed by atoms with Gasteiger partial charge in [0.25, 0.3) is 0 Å². The van der Waals surface area contributed by atoms with Crippen LogP contribution in [0.25, 0.3) is 0 Å². The third kappa shape index (κ3) is 3.42. The molecule has 0 aliphatic carbocycles. The molecule has 5 nitrogen and oxygen atoms in total. The van der Waals surface area contributed by atoms with Crippen molar-refractivity contribution in [2.45, 2.75) is 38.6 Å². The van der Waals surface area contributed by atoms with Crippen LogP contribution in [0.5, 0.6) is 0 Å². The van der Waals surface area contributed by atoms with Crippen LogP contribution in [0.15, 0.2) is 24.3 Å². The van der Waals surface area contributed by atoms with E-state index in [1.54, 1.807) is 11.8 Å². The minimum Gasteiger partial charge on any atom is -0.345 e. The lowest BCUT2D eigenvalue weighted by Gasteiger charge is -2.24. The fourth-order valence-corrected chi connectivity index (χ4v) is 2.68. The summed E-state index contributed by atoms with van der Waals surface area (Å²) in [7, 11) is 0. The molecular formula is C16H23N3O2. The van der Waals surface area contributed by atoms with E-state index in [-0.39, 0.29) is 18.4 Å². The van der Waals surface area contributed by atoms with Crippen LogP contribution in [0.2, 0.25) is 0 Å². The van der Waals surface area contributed by atoms with Gasteiger partial charge in [-0.3, -0.25) is 9.59 Å². The van der Waals surface area contributed by atoms with Gasteiger partial charge in [-0.15, -0.1) is 0 Å². The number of anilines is 1. The molecule has 1 aromatic carbocycles. The molecule has 0 saturated carbocycles. The average molecular weight is 289 g/mol. The van der Waals surface area contributed by atoms with Gasteiger partial charge >= 0.3 is 0 Å². The van der Waals surface area contributed by atoms with E-state index >= 15 is 0 Å². The van der Waals surface area contributed by atoms with Crippen LogP contribution in [0.3, 0.4) is 0 Å². The Balaban J connectivity index is 1.93. The first-order chi connectivity index (χ1) is 9.95. The second-order valence-electron chi connectivity index (χ2n) is 5.77. The highest BCUT2D eigenvalue weighted by molar-refractivity contribution is 5.99. The van der Waals surface area contributed by atoms with Crippen LogP contribution in [0.4, 0.5) is 5.69 Å². The third-order valence-electron chi connectivity index (χ3n) is 3.88. The normalized spacial score (nSPS) is 16.2. The van der Waals surface area contributed by atoms with Crippen molar-refractivity contribution in [2.75, 3.05) is 18.0 Å². The number of hydrogen-bond acceptors (Lipinski definition) is 3. The van der Waals surface area contributed by atoms with Crippen LogP contribution < -0.4 is 16.0 Å². The van der Waals surface area contributed by atoms with Crippen LogP contribution in [0, 0.1) is 0 Å². The van der Waals surface area contributed by atoms with E-state index in [0.717, 1.165) is 18.5 Å². The zero-order valence-corrected chi connectivity index (χ0v) is 12.7. The molecule has 1 heterocycles. The summed E-state index contributed by atoms with van der Waals surface area (Å²) in [5.41, 5.74) is 7.15.